The van der Waals surface area contributed by atoms with Gasteiger partial charge in [0, 0.05) is 30.6 Å². The van der Waals surface area contributed by atoms with Gasteiger partial charge in [-0.1, -0.05) is 13.3 Å². The second-order valence-electron chi connectivity index (χ2n) is 9.26. The summed E-state index contributed by atoms with van der Waals surface area (Å²) in [4.78, 5) is 42.1. The summed E-state index contributed by atoms with van der Waals surface area (Å²) in [5.41, 5.74) is 0.659. The minimum Gasteiger partial charge on any atom is -0.494 e. The summed E-state index contributed by atoms with van der Waals surface area (Å²) in [5.74, 6) is -0.718. The van der Waals surface area contributed by atoms with Gasteiger partial charge in [-0.05, 0) is 56.9 Å². The predicted octanol–water partition coefficient (Wildman–Crippen LogP) is 2.41. The monoisotopic (exact) mass is 489 g/mol. The molecular weight excluding hydrogens is 454 g/mol. The van der Waals surface area contributed by atoms with Crippen molar-refractivity contribution in [3.8, 4) is 5.75 Å². The van der Waals surface area contributed by atoms with Crippen LogP contribution in [-0.4, -0.2) is 70.1 Å². The van der Waals surface area contributed by atoms with Crippen molar-refractivity contribution in [2.45, 2.75) is 62.0 Å². The Morgan fingerprint density at radius 2 is 1.97 bits per heavy atom. The summed E-state index contributed by atoms with van der Waals surface area (Å²) in [6.45, 7) is 5.39. The first kappa shape index (κ1) is 24.9. The molecule has 3 fully saturated rings. The van der Waals surface area contributed by atoms with Crippen LogP contribution >= 0.6 is 11.8 Å². The zero-order valence-electron chi connectivity index (χ0n) is 19.9. The third-order valence-corrected chi connectivity index (χ3v) is 9.12. The highest BCUT2D eigenvalue weighted by Gasteiger charge is 2.73. The van der Waals surface area contributed by atoms with Crippen molar-refractivity contribution in [2.24, 2.45) is 11.8 Å². The predicted molar refractivity (Wildman–Crippen MR) is 132 cm³/mol. The van der Waals surface area contributed by atoms with Crippen molar-refractivity contribution >= 4 is 35.2 Å². The number of nitrogens with one attached hydrogen (secondary N) is 2. The fourth-order valence-electron chi connectivity index (χ4n) is 5.75. The van der Waals surface area contributed by atoms with Crippen molar-refractivity contribution in [3.05, 3.63) is 24.3 Å². The van der Waals surface area contributed by atoms with Gasteiger partial charge in [-0.2, -0.15) is 0 Å². The van der Waals surface area contributed by atoms with Crippen LogP contribution < -0.4 is 15.4 Å². The molecule has 34 heavy (non-hydrogen) atoms. The number of likely N-dealkylation sites (tertiary alicyclic amines) is 1. The van der Waals surface area contributed by atoms with Crippen LogP contribution in [0.4, 0.5) is 5.69 Å². The molecule has 1 aromatic rings. The molecule has 0 radical (unpaired) electrons. The Morgan fingerprint density at radius 1 is 1.21 bits per heavy atom. The Labute approximate surface area is 205 Å². The number of fused-ring (bicyclic) bond motifs is 1. The molecule has 3 aliphatic rings. The Bertz CT molecular complexity index is 910. The molecule has 3 heterocycles. The lowest BCUT2D eigenvalue weighted by Crippen LogP contribution is -2.53. The van der Waals surface area contributed by atoms with Crippen LogP contribution in [0.25, 0.3) is 0 Å². The van der Waals surface area contributed by atoms with E-state index in [4.69, 9.17) is 4.74 Å². The summed E-state index contributed by atoms with van der Waals surface area (Å²) < 4.78 is 4.88. The van der Waals surface area contributed by atoms with Gasteiger partial charge < -0.3 is 25.4 Å². The van der Waals surface area contributed by atoms with Crippen LogP contribution in [0.1, 0.15) is 46.0 Å². The lowest BCUT2D eigenvalue weighted by Gasteiger charge is -2.34. The van der Waals surface area contributed by atoms with E-state index < -0.39 is 22.6 Å². The van der Waals surface area contributed by atoms with Gasteiger partial charge in [-0.15, -0.1) is 11.8 Å². The largest absolute Gasteiger partial charge is 0.494 e. The highest BCUT2D eigenvalue weighted by Crippen LogP contribution is 2.66. The number of aliphatic hydroxyl groups is 1. The molecule has 0 aromatic heterocycles. The molecule has 186 valence electrons. The van der Waals surface area contributed by atoms with E-state index in [1.807, 2.05) is 19.1 Å². The number of amides is 3. The van der Waals surface area contributed by atoms with Gasteiger partial charge >= 0.3 is 0 Å². The maximum Gasteiger partial charge on any atom is 0.244 e. The van der Waals surface area contributed by atoms with Crippen molar-refractivity contribution in [1.29, 1.82) is 0 Å². The number of rotatable bonds is 11. The van der Waals surface area contributed by atoms with E-state index in [-0.39, 0.29) is 29.6 Å². The fourth-order valence-corrected chi connectivity index (χ4v) is 7.97. The smallest absolute Gasteiger partial charge is 0.244 e. The van der Waals surface area contributed by atoms with E-state index in [0.717, 1.165) is 31.4 Å². The van der Waals surface area contributed by atoms with E-state index in [2.05, 4.69) is 17.6 Å². The summed E-state index contributed by atoms with van der Waals surface area (Å²) in [6.07, 6.45) is 3.80. The van der Waals surface area contributed by atoms with E-state index >= 15 is 0 Å². The third kappa shape index (κ3) is 4.40. The van der Waals surface area contributed by atoms with E-state index in [1.54, 1.807) is 28.8 Å². The van der Waals surface area contributed by atoms with Crippen LogP contribution in [0.2, 0.25) is 0 Å². The molecule has 4 rings (SSSR count). The molecule has 0 aliphatic carbocycles. The summed E-state index contributed by atoms with van der Waals surface area (Å²) in [7, 11) is 0. The number of carbonyl (C=O) groups excluding carboxylic acids is 3. The fraction of sp³-hybridized carbons (Fsp3) is 0.640. The second-order valence-corrected chi connectivity index (χ2v) is 10.9. The van der Waals surface area contributed by atoms with E-state index in [1.165, 1.54) is 0 Å². The Hall–Kier alpha value is -2.26. The zero-order valence-corrected chi connectivity index (χ0v) is 20.7. The molecule has 3 saturated heterocycles. The standard InChI is InChI=1S/C25H35N3O5S/c1-3-5-13-26-23(31)21-25-12-11-18(34-25)19(20(25)24(32)28(21)14-6-15-29)22(30)27-16-7-9-17(10-8-16)33-4-2/h7-10,18-21,29H,3-6,11-15H2,1-2H3,(H,26,31)(H,27,30)/t18-,19+,20+,21?,25?/m1/s1. The van der Waals surface area contributed by atoms with Gasteiger partial charge in [0.2, 0.25) is 17.7 Å². The molecule has 3 aliphatic heterocycles. The Kier molecular flexibility index (Phi) is 7.72. The average Bonchev–Trinajstić information content (AvgIpc) is 3.46. The van der Waals surface area contributed by atoms with Crippen LogP contribution in [0, 0.1) is 11.8 Å². The van der Waals surface area contributed by atoms with Crippen molar-refractivity contribution in [2.75, 3.05) is 31.6 Å². The number of unbranched alkanes of at least 4 members (excludes halogenated alkanes) is 1. The number of hydrogen-bond acceptors (Lipinski definition) is 6. The molecule has 3 N–H and O–H groups in total. The topological polar surface area (TPSA) is 108 Å². The minimum atomic E-state index is -0.605. The molecule has 5 atom stereocenters. The molecule has 3 amide bonds. The van der Waals surface area contributed by atoms with Crippen LogP contribution in [0.15, 0.2) is 24.3 Å². The van der Waals surface area contributed by atoms with E-state index in [9.17, 15) is 19.5 Å². The Morgan fingerprint density at radius 3 is 2.65 bits per heavy atom. The third-order valence-electron chi connectivity index (χ3n) is 7.17. The molecule has 2 bridgehead atoms. The van der Waals surface area contributed by atoms with Gasteiger partial charge in [0.25, 0.3) is 0 Å². The van der Waals surface area contributed by atoms with Gasteiger partial charge in [0.1, 0.15) is 11.8 Å². The number of anilines is 1. The number of carbonyl (C=O) groups is 3. The normalized spacial score (nSPS) is 29.3. The molecule has 8 nitrogen and oxygen atoms in total. The molecule has 0 saturated carbocycles. The number of nitrogens with zero attached hydrogens (tertiary/aromatic N) is 1. The summed E-state index contributed by atoms with van der Waals surface area (Å²) in [6, 6.07) is 6.61. The van der Waals surface area contributed by atoms with Crippen LogP contribution in [0.5, 0.6) is 5.75 Å². The van der Waals surface area contributed by atoms with Gasteiger partial charge in [-0.3, -0.25) is 14.4 Å². The average molecular weight is 490 g/mol. The second kappa shape index (κ2) is 10.6. The van der Waals surface area contributed by atoms with Crippen LogP contribution in [0.3, 0.4) is 0 Å². The Balaban J connectivity index is 1.56. The summed E-state index contributed by atoms with van der Waals surface area (Å²) >= 11 is 1.66. The highest BCUT2D eigenvalue weighted by molar-refractivity contribution is 8.02. The maximum absolute atomic E-state index is 13.7. The first-order chi connectivity index (χ1) is 16.5. The highest BCUT2D eigenvalue weighted by atomic mass is 32.2. The van der Waals surface area contributed by atoms with Crippen molar-refractivity contribution in [1.82, 2.24) is 10.2 Å². The van der Waals surface area contributed by atoms with Crippen molar-refractivity contribution in [3.63, 3.8) is 0 Å². The number of thioether (sulfide) groups is 1. The first-order valence-electron chi connectivity index (χ1n) is 12.4. The SMILES string of the molecule is CCCCNC(=O)C1N(CCCO)C(=O)[C@@H]2[C@@H](C(=O)Nc3ccc(OCC)cc3)[C@H]3CCC12S3. The number of aliphatic hydroxyl groups excluding tert-OH is 1. The number of ether oxygens (including phenoxy) is 1. The minimum absolute atomic E-state index is 0.0163. The molecule has 1 spiro atoms. The van der Waals surface area contributed by atoms with Crippen molar-refractivity contribution < 1.29 is 24.2 Å². The molecular formula is C25H35N3O5S. The quantitative estimate of drug-likeness (QED) is 0.412. The van der Waals surface area contributed by atoms with Gasteiger partial charge in [0.05, 0.1) is 23.2 Å². The molecule has 2 unspecified atom stereocenters. The number of benzene rings is 1. The number of hydrogen-bond donors (Lipinski definition) is 3. The lowest BCUT2D eigenvalue weighted by molar-refractivity contribution is -0.139. The van der Waals surface area contributed by atoms with E-state index in [0.29, 0.717) is 31.8 Å². The summed E-state index contributed by atoms with van der Waals surface area (Å²) in [5, 5.41) is 15.4. The van der Waals surface area contributed by atoms with Gasteiger partial charge in [-0.25, -0.2) is 0 Å². The van der Waals surface area contributed by atoms with Gasteiger partial charge in [0.15, 0.2) is 0 Å². The van der Waals surface area contributed by atoms with Crippen LogP contribution in [-0.2, 0) is 14.4 Å². The first-order valence-corrected chi connectivity index (χ1v) is 13.2. The molecule has 9 heteroatoms. The molecule has 1 aromatic carbocycles. The lowest BCUT2D eigenvalue weighted by atomic mass is 9.70. The maximum atomic E-state index is 13.7. The zero-order chi connectivity index (χ0) is 24.3.